The zero-order valence-corrected chi connectivity index (χ0v) is 87.8. The van der Waals surface area contributed by atoms with Crippen LogP contribution in [0.2, 0.25) is 40.2 Å². The quantitative estimate of drug-likeness (QED) is 0.0336. The molecule has 3 aliphatic heterocycles. The van der Waals surface area contributed by atoms with Gasteiger partial charge >= 0.3 is 6.09 Å². The average molecular weight is 2200 g/mol. The van der Waals surface area contributed by atoms with E-state index in [1.165, 1.54) is 59.5 Å². The van der Waals surface area contributed by atoms with Crippen LogP contribution in [0.15, 0.2) is 325 Å². The van der Waals surface area contributed by atoms with E-state index in [4.69, 9.17) is 102 Å². The minimum Gasteiger partial charge on any atom is -0.447 e. The fourth-order valence-corrected chi connectivity index (χ4v) is 20.6. The summed E-state index contributed by atoms with van der Waals surface area (Å²) >= 11 is 50.2. The number of anilines is 7. The number of ether oxygens (including phenoxy) is 2. The molecule has 3 fully saturated rings. The highest BCUT2D eigenvalue weighted by atomic mass is 35.5. The maximum absolute atomic E-state index is 12.9. The number of pyridine rings is 5. The number of cyclic esters (lactones) is 1. The molecule has 0 aliphatic carbocycles. The van der Waals surface area contributed by atoms with Crippen LogP contribution in [-0.2, 0) is 43.8 Å². The monoisotopic (exact) mass is 2200 g/mol. The number of rotatable bonds is 26. The number of benzene rings is 10. The van der Waals surface area contributed by atoms with Crippen molar-refractivity contribution in [2.24, 2.45) is 0 Å². The summed E-state index contributed by atoms with van der Waals surface area (Å²) in [6.45, 7) is 10.1. The van der Waals surface area contributed by atoms with E-state index >= 15 is 0 Å². The Hall–Kier alpha value is -13.9. The molecule has 3 saturated heterocycles. The standard InChI is InChI=1S/C25H25Cl2N3O4S.C22H17Cl2N3O2.C21H16ClN3O3.C21H19ClN2O3S.C20H16Cl2N2O3S/c26-22-8-5-18(16-21(22)24-4-1-2-9-28-24)29-25(31)20-7-6-19(17-23(20)27)35(32,33)15-3-10-30-11-13-34-14-12-30;23-18-9-6-14(12-17(18)20-4-1-2-10-25-20)26-22(29)16-8-7-15(13-19(16)24)27-11-3-5-21(27)28;22-18-9-6-15(13-17(18)19-3-1-2-10-23-19)24-20(26)14-4-7-16(8-5-14)25-11-12-28-21(25)27;1-3-28(26,27)16-8-9-17(14(2)12-16)21(25)24-15-7-10-19(22)18(13-15)20-6-4-5-11-23-20;1-2-28(26,27)14-7-8-15(18(22)12-14)20(25)24-13-6-9-17(21)16(11-13)19-5-3-4-10-23-19/h1-2,4-9,16-17H,3,10-15H2,(H,29,31);1-2,4,6-10,12-13H,3,5,11H2,(H,26,29);1-10,13H,11-12H2,(H,24,26);4-13H,3H2,1-2H3,(H,24,25);3-12H,2H2,1H3,(H,24,25). The Morgan fingerprint density at radius 3 is 1.00 bits per heavy atom. The fraction of sp³-hybridized carbons (Fsp3) is 0.156. The second kappa shape index (κ2) is 51.2. The van der Waals surface area contributed by atoms with Gasteiger partial charge in [0.2, 0.25) is 5.91 Å². The highest BCUT2D eigenvalue weighted by molar-refractivity contribution is 7.92. The van der Waals surface area contributed by atoms with Crippen LogP contribution in [-0.4, -0.2) is 166 Å². The van der Waals surface area contributed by atoms with Crippen LogP contribution in [0.25, 0.3) is 56.3 Å². The lowest BCUT2D eigenvalue weighted by atomic mass is 10.1. The Bertz CT molecular complexity index is 7600. The van der Waals surface area contributed by atoms with Gasteiger partial charge in [-0.2, -0.15) is 0 Å². The highest BCUT2D eigenvalue weighted by Gasteiger charge is 2.29. The van der Waals surface area contributed by atoms with Gasteiger partial charge in [-0.3, -0.25) is 63.5 Å². The second-order valence-electron chi connectivity index (χ2n) is 33.1. The number of sulfone groups is 3. The summed E-state index contributed by atoms with van der Waals surface area (Å²) in [5.41, 5.74) is 13.4. The van der Waals surface area contributed by atoms with E-state index in [1.54, 1.807) is 202 Å². The molecule has 0 bridgehead atoms. The number of nitrogens with one attached hydrogen (secondary N) is 5. The molecule has 28 nitrogen and oxygen atoms in total. The van der Waals surface area contributed by atoms with Crippen molar-refractivity contribution in [1.82, 2.24) is 29.8 Å². The lowest BCUT2D eigenvalue weighted by Crippen LogP contribution is -2.37. The molecule has 0 atom stereocenters. The number of carbonyl (C=O) groups is 7. The smallest absolute Gasteiger partial charge is 0.414 e. The molecule has 0 unspecified atom stereocenters. The maximum atomic E-state index is 12.9. The topological polar surface area (TPSA) is 375 Å². The van der Waals surface area contributed by atoms with Crippen molar-refractivity contribution in [3.05, 3.63) is 384 Å². The predicted octanol–water partition coefficient (Wildman–Crippen LogP) is 24.7. The minimum absolute atomic E-state index is 0.00724. The molecule has 148 heavy (non-hydrogen) atoms. The summed E-state index contributed by atoms with van der Waals surface area (Å²) in [5.74, 6) is -1.80. The second-order valence-corrected chi connectivity index (χ2v) is 43.1. The van der Waals surface area contributed by atoms with E-state index in [2.05, 4.69) is 56.4 Å². The molecule has 7 amide bonds. The van der Waals surface area contributed by atoms with Crippen molar-refractivity contribution in [1.29, 1.82) is 0 Å². The Kier molecular flexibility index (Phi) is 38.0. The van der Waals surface area contributed by atoms with Crippen LogP contribution in [0.4, 0.5) is 44.6 Å². The molecule has 5 N–H and O–H groups in total. The first kappa shape index (κ1) is 110. The Morgan fingerprint density at radius 1 is 0.338 bits per heavy atom. The van der Waals surface area contributed by atoms with Gasteiger partial charge in [-0.25, -0.2) is 30.0 Å². The molecule has 0 radical (unpaired) electrons. The Morgan fingerprint density at radius 2 is 0.676 bits per heavy atom. The number of carbonyl (C=O) groups excluding carboxylic acids is 7. The number of aromatic nitrogens is 5. The number of amides is 7. The SMILES string of the molecule is CCS(=O)(=O)c1ccc(C(=O)Nc2ccc(Cl)c(-c3ccccn3)c2)c(C)c1.CCS(=O)(=O)c1ccc(C(=O)Nc2ccc(Cl)c(-c3ccccn3)c2)c(Cl)c1.O=C(Nc1ccc(Cl)c(-c2ccccn2)c1)c1ccc(N2CCCC2=O)cc1Cl.O=C(Nc1ccc(Cl)c(-c2ccccn2)c1)c1ccc(N2CCOC2=O)cc1.O=C(Nc1ccc(Cl)c(-c2ccccn2)c1)c1ccc(S(=O)(=O)CCCN2CCOCC2)cc1Cl. The van der Waals surface area contributed by atoms with Crippen molar-refractivity contribution < 1.29 is 68.3 Å². The van der Waals surface area contributed by atoms with E-state index in [9.17, 15) is 58.8 Å². The van der Waals surface area contributed by atoms with Crippen molar-refractivity contribution in [3.63, 3.8) is 0 Å². The summed E-state index contributed by atoms with van der Waals surface area (Å²) in [6, 6.07) is 77.9. The van der Waals surface area contributed by atoms with Gasteiger partial charge in [0.1, 0.15) is 6.61 Å². The van der Waals surface area contributed by atoms with Crippen molar-refractivity contribution >= 4 is 204 Å². The zero-order chi connectivity index (χ0) is 105. The van der Waals surface area contributed by atoms with Gasteiger partial charge in [0.05, 0.1) is 137 Å². The Balaban J connectivity index is 0.000000146. The van der Waals surface area contributed by atoms with E-state index in [1.807, 2.05) is 78.9 Å². The van der Waals surface area contributed by atoms with E-state index < -0.39 is 41.3 Å². The molecule has 5 aromatic heterocycles. The summed E-state index contributed by atoms with van der Waals surface area (Å²) in [5, 5.41) is 17.1. The molecule has 15 aromatic rings. The molecular formula is C109H93Cl8N13O15S3. The van der Waals surface area contributed by atoms with Crippen molar-refractivity contribution in [2.75, 3.05) is 106 Å². The number of aryl methyl sites for hydroxylation is 1. The normalized spacial score (nSPS) is 12.9. The molecule has 758 valence electrons. The molecule has 8 heterocycles. The highest BCUT2D eigenvalue weighted by Crippen LogP contribution is 2.38. The average Bonchev–Trinajstić information content (AvgIpc) is 1.17. The van der Waals surface area contributed by atoms with E-state index in [0.29, 0.717) is 184 Å². The van der Waals surface area contributed by atoms with E-state index in [0.717, 1.165) is 36.3 Å². The molecule has 0 saturated carbocycles. The predicted molar refractivity (Wildman–Crippen MR) is 585 cm³/mol. The van der Waals surface area contributed by atoms with Crippen LogP contribution in [0.5, 0.6) is 0 Å². The van der Waals surface area contributed by atoms with Crippen LogP contribution >= 0.6 is 92.8 Å². The van der Waals surface area contributed by atoms with Gasteiger partial charge in [-0.15, -0.1) is 0 Å². The van der Waals surface area contributed by atoms with Crippen LogP contribution < -0.4 is 36.4 Å². The molecule has 0 spiro atoms. The first-order chi connectivity index (χ1) is 71.1. The molecule has 3 aliphatic rings. The zero-order valence-electron chi connectivity index (χ0n) is 79.3. The largest absolute Gasteiger partial charge is 0.447 e. The molecule has 10 aromatic carbocycles. The number of morpholine rings is 1. The first-order valence-electron chi connectivity index (χ1n) is 46.0. The summed E-state index contributed by atoms with van der Waals surface area (Å²) in [7, 11) is -10.2. The summed E-state index contributed by atoms with van der Waals surface area (Å²) in [6.07, 6.45) is 9.86. The number of halogens is 8. The summed E-state index contributed by atoms with van der Waals surface area (Å²) < 4.78 is 83.7. The van der Waals surface area contributed by atoms with E-state index in [-0.39, 0.29) is 82.8 Å². The van der Waals surface area contributed by atoms with Gasteiger partial charge in [-0.05, 0) is 281 Å². The van der Waals surface area contributed by atoms with Crippen molar-refractivity contribution in [2.45, 2.75) is 54.7 Å². The molecule has 39 heteroatoms. The molecular weight excluding hydrogens is 2110 g/mol. The van der Waals surface area contributed by atoms with Crippen LogP contribution in [0.3, 0.4) is 0 Å². The minimum atomic E-state index is -3.52. The van der Waals surface area contributed by atoms with Gasteiger partial charge in [-0.1, -0.05) is 137 Å². The lowest BCUT2D eigenvalue weighted by molar-refractivity contribution is -0.117. The molecule has 18 rings (SSSR count). The van der Waals surface area contributed by atoms with Gasteiger partial charge < -0.3 is 41.0 Å². The lowest BCUT2D eigenvalue weighted by Gasteiger charge is -2.26. The third-order valence-corrected chi connectivity index (χ3v) is 31.1. The number of nitrogens with zero attached hydrogens (tertiary/aromatic N) is 8. The number of hydrogen-bond donors (Lipinski definition) is 5. The maximum Gasteiger partial charge on any atom is 0.414 e. The van der Waals surface area contributed by atoms with Crippen molar-refractivity contribution in [3.8, 4) is 56.3 Å². The van der Waals surface area contributed by atoms with Crippen LogP contribution in [0, 0.1) is 6.92 Å². The van der Waals surface area contributed by atoms with Gasteiger partial charge in [0.25, 0.3) is 29.5 Å². The third-order valence-electron chi connectivity index (χ3n) is 23.3. The number of hydrogen-bond acceptors (Lipinski definition) is 21. The van der Waals surface area contributed by atoms with Gasteiger partial charge in [0, 0.05) is 136 Å². The van der Waals surface area contributed by atoms with Gasteiger partial charge in [0.15, 0.2) is 29.5 Å². The Labute approximate surface area is 895 Å². The third kappa shape index (κ3) is 29.0. The van der Waals surface area contributed by atoms with Crippen LogP contribution in [0.1, 0.15) is 90.5 Å². The first-order valence-corrected chi connectivity index (χ1v) is 54.0. The fourth-order valence-electron chi connectivity index (χ4n) is 15.4. The summed E-state index contributed by atoms with van der Waals surface area (Å²) in [4.78, 5) is 114.